The van der Waals surface area contributed by atoms with Gasteiger partial charge in [-0.1, -0.05) is 0 Å². The Bertz CT molecular complexity index is 152. The third-order valence-corrected chi connectivity index (χ3v) is 2.08. The first-order chi connectivity index (χ1) is 5.11. The van der Waals surface area contributed by atoms with E-state index >= 15 is 0 Å². The van der Waals surface area contributed by atoms with Gasteiger partial charge in [-0.2, -0.15) is 0 Å². The normalized spacial score (nSPS) is 22.5. The molecule has 3 nitrogen and oxygen atoms in total. The maximum atomic E-state index is 10.9. The van der Waals surface area contributed by atoms with Crippen LogP contribution in [0.3, 0.4) is 0 Å². The Labute approximate surface area is 66.8 Å². The monoisotopic (exact) mass is 157 g/mol. The number of nitrogens with one attached hydrogen (secondary N) is 1. The minimum Gasteiger partial charge on any atom is -0.384 e. The van der Waals surface area contributed by atoms with Crippen LogP contribution >= 0.6 is 0 Å². The van der Waals surface area contributed by atoms with Crippen molar-refractivity contribution in [2.45, 2.75) is 38.8 Å². The molecule has 0 spiro atoms. The zero-order chi connectivity index (χ0) is 8.43. The molecule has 3 heteroatoms. The van der Waals surface area contributed by atoms with Gasteiger partial charge in [-0.25, -0.2) is 0 Å². The average molecular weight is 157 g/mol. The van der Waals surface area contributed by atoms with Crippen molar-refractivity contribution in [3.8, 4) is 0 Å². The third-order valence-electron chi connectivity index (χ3n) is 2.08. The number of rotatable bonds is 3. The Morgan fingerprint density at radius 2 is 2.09 bits per heavy atom. The fourth-order valence-corrected chi connectivity index (χ4v) is 1.06. The van der Waals surface area contributed by atoms with Crippen LogP contribution in [0.5, 0.6) is 0 Å². The Balaban J connectivity index is 2.23. The van der Waals surface area contributed by atoms with Crippen molar-refractivity contribution in [3.63, 3.8) is 0 Å². The van der Waals surface area contributed by atoms with E-state index in [1.54, 1.807) is 0 Å². The Morgan fingerprint density at radius 3 is 2.45 bits per heavy atom. The molecule has 0 saturated heterocycles. The highest BCUT2D eigenvalue weighted by atomic mass is 16.3. The molecule has 0 aliphatic heterocycles. The lowest BCUT2D eigenvalue weighted by Gasteiger charge is -2.13. The molecule has 2 atom stereocenters. The van der Waals surface area contributed by atoms with Crippen LogP contribution in [0.1, 0.15) is 26.7 Å². The molecule has 0 radical (unpaired) electrons. The van der Waals surface area contributed by atoms with Gasteiger partial charge in [0.1, 0.15) is 6.10 Å². The summed E-state index contributed by atoms with van der Waals surface area (Å²) in [7, 11) is 0. The second kappa shape index (κ2) is 3.22. The van der Waals surface area contributed by atoms with Gasteiger partial charge in [0.25, 0.3) is 0 Å². The van der Waals surface area contributed by atoms with E-state index in [0.29, 0.717) is 5.92 Å². The Morgan fingerprint density at radius 1 is 1.55 bits per heavy atom. The van der Waals surface area contributed by atoms with Crippen LogP contribution in [0.4, 0.5) is 0 Å². The molecule has 1 aliphatic rings. The van der Waals surface area contributed by atoms with Gasteiger partial charge in [-0.05, 0) is 32.6 Å². The molecule has 1 aliphatic carbocycles. The van der Waals surface area contributed by atoms with Gasteiger partial charge in [-0.3, -0.25) is 4.79 Å². The summed E-state index contributed by atoms with van der Waals surface area (Å²) in [5.74, 6) is 0.391. The first-order valence-electron chi connectivity index (χ1n) is 4.09. The molecule has 11 heavy (non-hydrogen) atoms. The second-order valence-electron chi connectivity index (χ2n) is 3.31. The van der Waals surface area contributed by atoms with Crippen LogP contribution in [0.25, 0.3) is 0 Å². The maximum Gasteiger partial charge on any atom is 0.248 e. The van der Waals surface area contributed by atoms with Crippen molar-refractivity contribution in [1.29, 1.82) is 0 Å². The summed E-state index contributed by atoms with van der Waals surface area (Å²) < 4.78 is 0. The van der Waals surface area contributed by atoms with E-state index in [2.05, 4.69) is 5.32 Å². The van der Waals surface area contributed by atoms with E-state index in [4.69, 9.17) is 5.11 Å². The highest BCUT2D eigenvalue weighted by Gasteiger charge is 2.29. The topological polar surface area (TPSA) is 49.3 Å². The van der Waals surface area contributed by atoms with Gasteiger partial charge < -0.3 is 10.4 Å². The summed E-state index contributed by atoms with van der Waals surface area (Å²) in [4.78, 5) is 10.9. The molecule has 0 aromatic rings. The Kier molecular flexibility index (Phi) is 2.49. The van der Waals surface area contributed by atoms with Gasteiger partial charge in [0.2, 0.25) is 5.91 Å². The molecule has 0 heterocycles. The van der Waals surface area contributed by atoms with Crippen LogP contribution in [0, 0.1) is 5.92 Å². The molecular formula is C8H15NO2. The first-order valence-corrected chi connectivity index (χ1v) is 4.09. The number of aliphatic hydroxyl groups excluding tert-OH is 1. The van der Waals surface area contributed by atoms with Gasteiger partial charge in [0, 0.05) is 6.04 Å². The number of carbonyl (C=O) groups is 1. The highest BCUT2D eigenvalue weighted by molar-refractivity contribution is 5.80. The summed E-state index contributed by atoms with van der Waals surface area (Å²) in [6.45, 7) is 3.47. The number of hydrogen-bond donors (Lipinski definition) is 2. The Hall–Kier alpha value is -0.570. The lowest BCUT2D eigenvalue weighted by Crippen LogP contribution is -2.39. The van der Waals surface area contributed by atoms with Gasteiger partial charge in [-0.15, -0.1) is 0 Å². The quantitative estimate of drug-likeness (QED) is 0.618. The zero-order valence-electron chi connectivity index (χ0n) is 7.00. The number of aliphatic hydroxyl groups is 1. The molecule has 0 aromatic heterocycles. The van der Waals surface area contributed by atoms with Crippen molar-refractivity contribution >= 4 is 5.91 Å². The SMILES string of the molecule is CC(NC(=O)[C@H](C)O)C1CC1. The summed E-state index contributed by atoms with van der Waals surface area (Å²) in [6.07, 6.45) is 1.54. The zero-order valence-corrected chi connectivity index (χ0v) is 7.00. The predicted octanol–water partition coefficient (Wildman–Crippen LogP) is 0.282. The fraction of sp³-hybridized carbons (Fsp3) is 0.875. The van der Waals surface area contributed by atoms with E-state index in [1.165, 1.54) is 19.8 Å². The number of carbonyl (C=O) groups excluding carboxylic acids is 1. The number of hydrogen-bond acceptors (Lipinski definition) is 2. The van der Waals surface area contributed by atoms with Crippen LogP contribution in [0.2, 0.25) is 0 Å². The van der Waals surface area contributed by atoms with Crippen LogP contribution in [-0.4, -0.2) is 23.2 Å². The lowest BCUT2D eigenvalue weighted by atomic mass is 10.2. The minimum atomic E-state index is -0.879. The van der Waals surface area contributed by atoms with E-state index in [-0.39, 0.29) is 11.9 Å². The average Bonchev–Trinajstić information content (AvgIpc) is 2.67. The molecule has 1 fully saturated rings. The van der Waals surface area contributed by atoms with Crippen LogP contribution in [0.15, 0.2) is 0 Å². The molecule has 1 saturated carbocycles. The van der Waals surface area contributed by atoms with E-state index in [0.717, 1.165) is 0 Å². The fourth-order valence-electron chi connectivity index (χ4n) is 1.06. The number of amides is 1. The van der Waals surface area contributed by atoms with E-state index < -0.39 is 6.10 Å². The first kappa shape index (κ1) is 8.53. The summed E-state index contributed by atoms with van der Waals surface area (Å²) in [5.41, 5.74) is 0. The summed E-state index contributed by atoms with van der Waals surface area (Å²) in [5, 5.41) is 11.6. The second-order valence-corrected chi connectivity index (χ2v) is 3.31. The van der Waals surface area contributed by atoms with E-state index in [1.807, 2.05) is 6.92 Å². The summed E-state index contributed by atoms with van der Waals surface area (Å²) >= 11 is 0. The van der Waals surface area contributed by atoms with Gasteiger partial charge >= 0.3 is 0 Å². The molecule has 1 unspecified atom stereocenters. The molecule has 64 valence electrons. The molecule has 1 rings (SSSR count). The smallest absolute Gasteiger partial charge is 0.248 e. The minimum absolute atomic E-state index is 0.233. The molecule has 0 bridgehead atoms. The van der Waals surface area contributed by atoms with Crippen molar-refractivity contribution in [2.75, 3.05) is 0 Å². The molecule has 0 aromatic carbocycles. The standard InChI is InChI=1S/C8H15NO2/c1-5(7-3-4-7)9-8(11)6(2)10/h5-7,10H,3-4H2,1-2H3,(H,9,11)/t5?,6-/m0/s1. The van der Waals surface area contributed by atoms with E-state index in [9.17, 15) is 4.79 Å². The van der Waals surface area contributed by atoms with Crippen molar-refractivity contribution < 1.29 is 9.90 Å². The van der Waals surface area contributed by atoms with Crippen molar-refractivity contribution in [2.24, 2.45) is 5.92 Å². The van der Waals surface area contributed by atoms with Gasteiger partial charge in [0.05, 0.1) is 0 Å². The highest BCUT2D eigenvalue weighted by Crippen LogP contribution is 2.32. The lowest BCUT2D eigenvalue weighted by molar-refractivity contribution is -0.129. The van der Waals surface area contributed by atoms with Crippen molar-refractivity contribution in [1.82, 2.24) is 5.32 Å². The molecular weight excluding hydrogens is 142 g/mol. The largest absolute Gasteiger partial charge is 0.384 e. The molecule has 1 amide bonds. The third kappa shape index (κ3) is 2.50. The van der Waals surface area contributed by atoms with Crippen LogP contribution < -0.4 is 5.32 Å². The maximum absolute atomic E-state index is 10.9. The summed E-state index contributed by atoms with van der Waals surface area (Å²) in [6, 6.07) is 0.233. The van der Waals surface area contributed by atoms with Crippen molar-refractivity contribution in [3.05, 3.63) is 0 Å². The van der Waals surface area contributed by atoms with Crippen LogP contribution in [-0.2, 0) is 4.79 Å². The predicted molar refractivity (Wildman–Crippen MR) is 42.0 cm³/mol. The molecule has 2 N–H and O–H groups in total. The van der Waals surface area contributed by atoms with Gasteiger partial charge in [0.15, 0.2) is 0 Å².